The van der Waals surface area contributed by atoms with Crippen LogP contribution in [-0.2, 0) is 0 Å². The highest BCUT2D eigenvalue weighted by Gasteiger charge is 2.28. The zero-order chi connectivity index (χ0) is 13.0. The van der Waals surface area contributed by atoms with E-state index in [-0.39, 0.29) is 10.0 Å². The molecule has 3 heteroatoms. The van der Waals surface area contributed by atoms with E-state index >= 15 is 0 Å². The van der Waals surface area contributed by atoms with Crippen molar-refractivity contribution in [2.24, 2.45) is 5.92 Å². The Balaban J connectivity index is 1.81. The number of nitrogens with one attached hydrogen (secondary N) is 1. The molecule has 0 amide bonds. The molecule has 2 rings (SSSR count). The number of rotatable bonds is 5. The highest BCUT2D eigenvalue weighted by Crippen LogP contribution is 2.52. The average Bonchev–Trinajstić information content (AvgIpc) is 2.80. The smallest absolute Gasteiger partial charge is 0.119 e. The molecule has 2 atom stereocenters. The Morgan fingerprint density at radius 3 is 2.61 bits per heavy atom. The first-order chi connectivity index (χ1) is 8.65. The van der Waals surface area contributed by atoms with Crippen molar-refractivity contribution in [3.63, 3.8) is 0 Å². The van der Waals surface area contributed by atoms with E-state index in [1.807, 2.05) is 12.1 Å². The fourth-order valence-corrected chi connectivity index (χ4v) is 5.60. The van der Waals surface area contributed by atoms with E-state index in [1.54, 1.807) is 7.11 Å². The number of methoxy groups -OCH3 is 1. The van der Waals surface area contributed by atoms with Crippen molar-refractivity contribution in [1.82, 2.24) is 0 Å². The summed E-state index contributed by atoms with van der Waals surface area (Å²) in [4.78, 5) is 0. The molecule has 0 bridgehead atoms. The van der Waals surface area contributed by atoms with Crippen LogP contribution in [0.5, 0.6) is 5.75 Å². The molecule has 102 valence electrons. The zero-order valence-electron chi connectivity index (χ0n) is 11.7. The number of benzene rings is 1. The number of hydrogen-bond acceptors (Lipinski definition) is 2. The molecule has 1 N–H and O–H groups in total. The van der Waals surface area contributed by atoms with Gasteiger partial charge in [-0.2, -0.15) is 0 Å². The Kier molecular flexibility index (Phi) is 4.44. The molecule has 1 aliphatic heterocycles. The van der Waals surface area contributed by atoms with Gasteiger partial charge in [-0.25, -0.2) is 10.0 Å². The molecule has 18 heavy (non-hydrogen) atoms. The van der Waals surface area contributed by atoms with Gasteiger partial charge in [0.25, 0.3) is 0 Å². The van der Waals surface area contributed by atoms with Crippen LogP contribution in [0.3, 0.4) is 0 Å². The lowest BCUT2D eigenvalue weighted by atomic mass is 10.1. The van der Waals surface area contributed by atoms with Gasteiger partial charge in [-0.3, -0.25) is 0 Å². The molecule has 1 aromatic carbocycles. The lowest BCUT2D eigenvalue weighted by molar-refractivity contribution is 0.415. The first-order valence-electron chi connectivity index (χ1n) is 6.74. The van der Waals surface area contributed by atoms with Crippen LogP contribution in [0.4, 0.5) is 5.69 Å². The van der Waals surface area contributed by atoms with Gasteiger partial charge >= 0.3 is 0 Å². The van der Waals surface area contributed by atoms with Crippen molar-refractivity contribution in [3.05, 3.63) is 24.3 Å². The van der Waals surface area contributed by atoms with Gasteiger partial charge in [0.2, 0.25) is 0 Å². The minimum absolute atomic E-state index is 0.266. The summed E-state index contributed by atoms with van der Waals surface area (Å²) in [5.41, 5.74) is 1.20. The Morgan fingerprint density at radius 1 is 1.33 bits per heavy atom. The molecule has 0 radical (unpaired) electrons. The van der Waals surface area contributed by atoms with E-state index in [1.165, 1.54) is 29.4 Å². The van der Waals surface area contributed by atoms with Gasteiger partial charge in [0.1, 0.15) is 5.75 Å². The summed E-state index contributed by atoms with van der Waals surface area (Å²) in [5.74, 6) is 6.11. The van der Waals surface area contributed by atoms with Gasteiger partial charge in [0, 0.05) is 12.2 Å². The third-order valence-corrected chi connectivity index (χ3v) is 7.93. The van der Waals surface area contributed by atoms with Crippen molar-refractivity contribution in [1.29, 1.82) is 0 Å². The Morgan fingerprint density at radius 2 is 2.06 bits per heavy atom. The van der Waals surface area contributed by atoms with Crippen molar-refractivity contribution < 1.29 is 4.74 Å². The third kappa shape index (κ3) is 3.35. The van der Waals surface area contributed by atoms with Gasteiger partial charge in [0.15, 0.2) is 0 Å². The van der Waals surface area contributed by atoms with E-state index in [0.29, 0.717) is 0 Å². The fourth-order valence-electron chi connectivity index (χ4n) is 2.58. The molecule has 0 aliphatic carbocycles. The van der Waals surface area contributed by atoms with Crippen LogP contribution in [0.25, 0.3) is 0 Å². The summed E-state index contributed by atoms with van der Waals surface area (Å²) < 4.78 is 5.16. The molecule has 1 saturated heterocycles. The maximum atomic E-state index is 5.16. The van der Waals surface area contributed by atoms with Crippen molar-refractivity contribution in [3.8, 4) is 5.75 Å². The molecule has 0 spiro atoms. The third-order valence-electron chi connectivity index (χ3n) is 4.04. The van der Waals surface area contributed by atoms with Gasteiger partial charge < -0.3 is 10.1 Å². The average molecular weight is 267 g/mol. The first kappa shape index (κ1) is 13.6. The highest BCUT2D eigenvalue weighted by atomic mass is 32.3. The second kappa shape index (κ2) is 5.87. The first-order valence-corrected chi connectivity index (χ1v) is 9.29. The minimum atomic E-state index is -0.266. The van der Waals surface area contributed by atoms with E-state index in [4.69, 9.17) is 4.74 Å². The van der Waals surface area contributed by atoms with Crippen LogP contribution in [0.15, 0.2) is 24.3 Å². The van der Waals surface area contributed by atoms with Crippen LogP contribution < -0.4 is 10.1 Å². The summed E-state index contributed by atoms with van der Waals surface area (Å²) in [5, 5.41) is 3.56. The molecule has 1 fully saturated rings. The molecule has 0 aromatic heterocycles. The van der Waals surface area contributed by atoms with Gasteiger partial charge in [-0.15, -0.1) is 0 Å². The Labute approximate surface area is 112 Å². The van der Waals surface area contributed by atoms with E-state index in [0.717, 1.165) is 18.2 Å². The second-order valence-corrected chi connectivity index (χ2v) is 9.68. The molecule has 0 saturated carbocycles. The van der Waals surface area contributed by atoms with Crippen molar-refractivity contribution >= 4 is 15.7 Å². The van der Waals surface area contributed by atoms with Gasteiger partial charge in [0.05, 0.1) is 7.11 Å². The Hall–Kier alpha value is -0.830. The predicted molar refractivity (Wildman–Crippen MR) is 83.4 cm³/mol. The Bertz CT molecular complexity index is 379. The SMILES string of the molecule is CCS1(C)CCC(CNc2ccc(OC)cc2)C1. The summed E-state index contributed by atoms with van der Waals surface area (Å²) in [6, 6.07) is 8.22. The van der Waals surface area contributed by atoms with Gasteiger partial charge in [-0.05, 0) is 60.1 Å². The molecule has 1 aliphatic rings. The zero-order valence-corrected chi connectivity index (χ0v) is 12.6. The normalized spacial score (nSPS) is 30.7. The van der Waals surface area contributed by atoms with Gasteiger partial charge in [-0.1, -0.05) is 6.92 Å². The largest absolute Gasteiger partial charge is 0.497 e. The predicted octanol–water partition coefficient (Wildman–Crippen LogP) is 3.58. The molecule has 2 nitrogen and oxygen atoms in total. The summed E-state index contributed by atoms with van der Waals surface area (Å²) in [7, 11) is 1.44. The van der Waals surface area contributed by atoms with E-state index in [9.17, 15) is 0 Å². The molecular weight excluding hydrogens is 242 g/mol. The lowest BCUT2D eigenvalue weighted by Crippen LogP contribution is -2.15. The number of hydrogen-bond donors (Lipinski definition) is 1. The van der Waals surface area contributed by atoms with E-state index < -0.39 is 0 Å². The number of anilines is 1. The second-order valence-electron chi connectivity index (χ2n) is 5.40. The minimum Gasteiger partial charge on any atom is -0.497 e. The molecule has 1 aromatic rings. The topological polar surface area (TPSA) is 21.3 Å². The monoisotopic (exact) mass is 267 g/mol. The summed E-state index contributed by atoms with van der Waals surface area (Å²) >= 11 is 0. The van der Waals surface area contributed by atoms with E-state index in [2.05, 4.69) is 30.6 Å². The van der Waals surface area contributed by atoms with Crippen LogP contribution >= 0.6 is 10.0 Å². The molecular formula is C15H25NOS. The quantitative estimate of drug-likeness (QED) is 0.880. The maximum absolute atomic E-state index is 5.16. The highest BCUT2D eigenvalue weighted by molar-refractivity contribution is 8.33. The summed E-state index contributed by atoms with van der Waals surface area (Å²) in [6.45, 7) is 3.48. The van der Waals surface area contributed by atoms with Crippen molar-refractivity contribution in [2.75, 3.05) is 42.5 Å². The van der Waals surface area contributed by atoms with Crippen LogP contribution in [0.2, 0.25) is 0 Å². The van der Waals surface area contributed by atoms with Crippen LogP contribution in [0, 0.1) is 5.92 Å². The maximum Gasteiger partial charge on any atom is 0.119 e. The molecule has 1 heterocycles. The van der Waals surface area contributed by atoms with Crippen LogP contribution in [0.1, 0.15) is 13.3 Å². The standard InChI is InChI=1S/C15H25NOS/c1-4-18(3)10-9-13(12-18)11-16-14-5-7-15(17-2)8-6-14/h5-8,13,16H,4,9-12H2,1-3H3. The number of ether oxygens (including phenoxy) is 1. The summed E-state index contributed by atoms with van der Waals surface area (Å²) in [6.07, 6.45) is 3.92. The van der Waals surface area contributed by atoms with Crippen molar-refractivity contribution in [2.45, 2.75) is 13.3 Å². The van der Waals surface area contributed by atoms with Crippen LogP contribution in [-0.4, -0.2) is 37.2 Å². The fraction of sp³-hybridized carbons (Fsp3) is 0.600. The molecule has 2 unspecified atom stereocenters. The lowest BCUT2D eigenvalue weighted by Gasteiger charge is -2.29.